The second-order valence-corrected chi connectivity index (χ2v) is 8.69. The summed E-state index contributed by atoms with van der Waals surface area (Å²) in [6.07, 6.45) is 0. The summed E-state index contributed by atoms with van der Waals surface area (Å²) >= 11 is 5.93. The topological polar surface area (TPSA) is 55.9 Å². The Morgan fingerprint density at radius 3 is 2.22 bits per heavy atom. The Kier molecular flexibility index (Phi) is 7.65. The Labute approximate surface area is 167 Å². The fourth-order valence-electron chi connectivity index (χ4n) is 3.09. The molecule has 0 bridgehead atoms. The van der Waals surface area contributed by atoms with Gasteiger partial charge in [0.05, 0.1) is 13.1 Å². The summed E-state index contributed by atoms with van der Waals surface area (Å²) in [5, 5.41) is 3.66. The second kappa shape index (κ2) is 9.53. The lowest BCUT2D eigenvalue weighted by Crippen LogP contribution is -2.51. The maximum absolute atomic E-state index is 12.5. The summed E-state index contributed by atoms with van der Waals surface area (Å²) in [7, 11) is 1.80. The smallest absolute Gasteiger partial charge is 0.236 e. The van der Waals surface area contributed by atoms with Crippen LogP contribution in [0.2, 0.25) is 5.02 Å². The number of piperazine rings is 1. The molecule has 1 aromatic carbocycles. The predicted molar refractivity (Wildman–Crippen MR) is 109 cm³/mol. The summed E-state index contributed by atoms with van der Waals surface area (Å²) in [6, 6.07) is 7.89. The lowest BCUT2D eigenvalue weighted by atomic mass is 10.1. The van der Waals surface area contributed by atoms with E-state index in [1.807, 2.05) is 49.9 Å². The SMILES string of the molecule is CN(CC(=O)NC(C)(C)C)CC(=O)N1CCN(Cc2ccc(Cl)cc2)CC1. The van der Waals surface area contributed by atoms with E-state index in [-0.39, 0.29) is 30.4 Å². The molecule has 0 aromatic heterocycles. The molecule has 27 heavy (non-hydrogen) atoms. The molecule has 0 saturated carbocycles. The molecule has 1 aromatic rings. The number of likely N-dealkylation sites (N-methyl/N-ethyl adjacent to an activating group) is 1. The van der Waals surface area contributed by atoms with Crippen LogP contribution in [0.5, 0.6) is 0 Å². The number of hydrogen-bond acceptors (Lipinski definition) is 4. The number of nitrogens with one attached hydrogen (secondary N) is 1. The molecule has 0 spiro atoms. The number of rotatable bonds is 6. The summed E-state index contributed by atoms with van der Waals surface area (Å²) in [5.41, 5.74) is 0.964. The Morgan fingerprint density at radius 1 is 1.07 bits per heavy atom. The Morgan fingerprint density at radius 2 is 1.67 bits per heavy atom. The van der Waals surface area contributed by atoms with Crippen molar-refractivity contribution in [3.05, 3.63) is 34.9 Å². The standard InChI is InChI=1S/C20H31ClN4O2/c1-20(2,3)22-18(26)14-23(4)15-19(27)25-11-9-24(10-12-25)13-16-5-7-17(21)8-6-16/h5-8H,9-15H2,1-4H3,(H,22,26). The highest BCUT2D eigenvalue weighted by Crippen LogP contribution is 2.13. The zero-order valence-electron chi connectivity index (χ0n) is 16.8. The van der Waals surface area contributed by atoms with Crippen molar-refractivity contribution in [2.24, 2.45) is 0 Å². The van der Waals surface area contributed by atoms with Crippen LogP contribution in [-0.2, 0) is 16.1 Å². The van der Waals surface area contributed by atoms with Gasteiger partial charge < -0.3 is 10.2 Å². The highest BCUT2D eigenvalue weighted by Gasteiger charge is 2.23. The molecule has 0 aliphatic carbocycles. The summed E-state index contributed by atoms with van der Waals surface area (Å²) < 4.78 is 0. The van der Waals surface area contributed by atoms with Crippen molar-refractivity contribution in [1.82, 2.24) is 20.0 Å². The third kappa shape index (κ3) is 7.87. The summed E-state index contributed by atoms with van der Waals surface area (Å²) in [5.74, 6) is 0.0118. The van der Waals surface area contributed by atoms with Crippen LogP contribution < -0.4 is 5.32 Å². The van der Waals surface area contributed by atoms with Crippen LogP contribution in [0.15, 0.2) is 24.3 Å². The van der Waals surface area contributed by atoms with Gasteiger partial charge in [-0.05, 0) is 45.5 Å². The molecule has 7 heteroatoms. The zero-order chi connectivity index (χ0) is 20.0. The second-order valence-electron chi connectivity index (χ2n) is 8.25. The average molecular weight is 395 g/mol. The van der Waals surface area contributed by atoms with Crippen LogP contribution in [0.4, 0.5) is 0 Å². The monoisotopic (exact) mass is 394 g/mol. The van der Waals surface area contributed by atoms with E-state index in [1.54, 1.807) is 11.9 Å². The van der Waals surface area contributed by atoms with Gasteiger partial charge >= 0.3 is 0 Å². The minimum atomic E-state index is -0.262. The molecule has 0 unspecified atom stereocenters. The van der Waals surface area contributed by atoms with Crippen LogP contribution in [0.25, 0.3) is 0 Å². The van der Waals surface area contributed by atoms with Crippen LogP contribution >= 0.6 is 11.6 Å². The normalized spacial score (nSPS) is 15.9. The lowest BCUT2D eigenvalue weighted by Gasteiger charge is -2.35. The molecule has 1 N–H and O–H groups in total. The molecule has 0 atom stereocenters. The fraction of sp³-hybridized carbons (Fsp3) is 0.600. The molecule has 1 heterocycles. The molecule has 0 radical (unpaired) electrons. The molecular weight excluding hydrogens is 364 g/mol. The minimum Gasteiger partial charge on any atom is -0.350 e. The molecule has 1 aliphatic rings. The lowest BCUT2D eigenvalue weighted by molar-refractivity contribution is -0.134. The first-order valence-electron chi connectivity index (χ1n) is 9.36. The van der Waals surface area contributed by atoms with E-state index in [0.717, 1.165) is 24.7 Å². The Bertz CT molecular complexity index is 634. The average Bonchev–Trinajstić information content (AvgIpc) is 2.55. The predicted octanol–water partition coefficient (Wildman–Crippen LogP) is 1.83. The molecule has 1 aliphatic heterocycles. The maximum Gasteiger partial charge on any atom is 0.236 e. The van der Waals surface area contributed by atoms with Gasteiger partial charge in [-0.3, -0.25) is 19.4 Å². The third-order valence-corrected chi connectivity index (χ3v) is 4.63. The molecular formula is C20H31ClN4O2. The third-order valence-electron chi connectivity index (χ3n) is 4.38. The van der Waals surface area contributed by atoms with Gasteiger partial charge in [0, 0.05) is 43.3 Å². The van der Waals surface area contributed by atoms with Gasteiger partial charge in [-0.25, -0.2) is 0 Å². The van der Waals surface area contributed by atoms with Crippen molar-refractivity contribution in [3.63, 3.8) is 0 Å². The number of carbonyl (C=O) groups excluding carboxylic acids is 2. The quantitative estimate of drug-likeness (QED) is 0.799. The van der Waals surface area contributed by atoms with E-state index >= 15 is 0 Å². The van der Waals surface area contributed by atoms with Crippen molar-refractivity contribution in [1.29, 1.82) is 0 Å². The van der Waals surface area contributed by atoms with Crippen molar-refractivity contribution in [2.75, 3.05) is 46.3 Å². The van der Waals surface area contributed by atoms with Gasteiger partial charge in [-0.15, -0.1) is 0 Å². The highest BCUT2D eigenvalue weighted by atomic mass is 35.5. The molecule has 2 amide bonds. The molecule has 1 saturated heterocycles. The maximum atomic E-state index is 12.5. The molecule has 2 rings (SSSR count). The van der Waals surface area contributed by atoms with Gasteiger partial charge in [0.15, 0.2) is 0 Å². The van der Waals surface area contributed by atoms with Gasteiger partial charge in [0.1, 0.15) is 0 Å². The first kappa shape index (κ1) is 21.7. The van der Waals surface area contributed by atoms with E-state index < -0.39 is 0 Å². The van der Waals surface area contributed by atoms with E-state index in [4.69, 9.17) is 11.6 Å². The van der Waals surface area contributed by atoms with Crippen molar-refractivity contribution in [3.8, 4) is 0 Å². The van der Waals surface area contributed by atoms with E-state index in [0.29, 0.717) is 13.1 Å². The van der Waals surface area contributed by atoms with Crippen molar-refractivity contribution in [2.45, 2.75) is 32.9 Å². The minimum absolute atomic E-state index is 0.0643. The van der Waals surface area contributed by atoms with Crippen molar-refractivity contribution >= 4 is 23.4 Å². The molecule has 1 fully saturated rings. The number of amides is 2. The zero-order valence-corrected chi connectivity index (χ0v) is 17.6. The first-order chi connectivity index (χ1) is 12.6. The van der Waals surface area contributed by atoms with Gasteiger partial charge in [-0.1, -0.05) is 23.7 Å². The van der Waals surface area contributed by atoms with Gasteiger partial charge in [-0.2, -0.15) is 0 Å². The summed E-state index contributed by atoms with van der Waals surface area (Å²) in [4.78, 5) is 30.5. The van der Waals surface area contributed by atoms with E-state index in [9.17, 15) is 9.59 Å². The molecule has 150 valence electrons. The van der Waals surface area contributed by atoms with Crippen LogP contribution in [0.1, 0.15) is 26.3 Å². The number of carbonyl (C=O) groups is 2. The number of benzene rings is 1. The first-order valence-corrected chi connectivity index (χ1v) is 9.74. The summed E-state index contributed by atoms with van der Waals surface area (Å²) in [6.45, 7) is 10.3. The van der Waals surface area contributed by atoms with Crippen LogP contribution in [0.3, 0.4) is 0 Å². The highest BCUT2D eigenvalue weighted by molar-refractivity contribution is 6.30. The number of halogens is 1. The van der Waals surface area contributed by atoms with E-state index in [2.05, 4.69) is 10.2 Å². The molecule has 6 nitrogen and oxygen atoms in total. The van der Waals surface area contributed by atoms with Crippen LogP contribution in [0, 0.1) is 0 Å². The van der Waals surface area contributed by atoms with Crippen molar-refractivity contribution < 1.29 is 9.59 Å². The number of hydrogen-bond donors (Lipinski definition) is 1. The van der Waals surface area contributed by atoms with E-state index in [1.165, 1.54) is 5.56 Å². The largest absolute Gasteiger partial charge is 0.350 e. The Balaban J connectivity index is 1.72. The number of nitrogens with zero attached hydrogens (tertiary/aromatic N) is 3. The van der Waals surface area contributed by atoms with Gasteiger partial charge in [0.2, 0.25) is 11.8 Å². The Hall–Kier alpha value is -1.63. The van der Waals surface area contributed by atoms with Crippen LogP contribution in [-0.4, -0.2) is 78.4 Å². The fourth-order valence-corrected chi connectivity index (χ4v) is 3.22. The van der Waals surface area contributed by atoms with Gasteiger partial charge in [0.25, 0.3) is 0 Å².